The Morgan fingerprint density at radius 3 is 2.43 bits per heavy atom. The van der Waals surface area contributed by atoms with Crippen molar-refractivity contribution in [3.8, 4) is 0 Å². The number of rotatable bonds is 6. The van der Waals surface area contributed by atoms with E-state index >= 15 is 0 Å². The van der Waals surface area contributed by atoms with Gasteiger partial charge in [-0.15, -0.1) is 0 Å². The van der Waals surface area contributed by atoms with E-state index in [-0.39, 0.29) is 6.04 Å². The molecule has 1 aromatic carbocycles. The minimum Gasteiger partial charge on any atom is -0.377 e. The van der Waals surface area contributed by atoms with Crippen LogP contribution in [0.25, 0.3) is 0 Å². The van der Waals surface area contributed by atoms with Crippen LogP contribution in [0.15, 0.2) is 42.6 Å². The number of nitrogens with zero attached hydrogens (tertiary/aromatic N) is 2. The van der Waals surface area contributed by atoms with Gasteiger partial charge in [-0.25, -0.2) is 4.98 Å². The number of halogens is 1. The molecule has 0 spiro atoms. The van der Waals surface area contributed by atoms with Crippen LogP contribution in [0.4, 0.5) is 11.5 Å². The number of hydrogen-bond acceptors (Lipinski definition) is 3. The van der Waals surface area contributed by atoms with Gasteiger partial charge >= 0.3 is 0 Å². The number of aromatic nitrogens is 1. The van der Waals surface area contributed by atoms with Crippen LogP contribution in [-0.2, 0) is 0 Å². The molecule has 3 nitrogen and oxygen atoms in total. The maximum atomic E-state index is 6.23. The third-order valence-electron chi connectivity index (χ3n) is 3.59. The van der Waals surface area contributed by atoms with E-state index in [0.717, 1.165) is 35.2 Å². The minimum absolute atomic E-state index is 0.139. The summed E-state index contributed by atoms with van der Waals surface area (Å²) in [6.07, 6.45) is 1.88. The molecule has 112 valence electrons. The molecule has 1 aromatic heterocycles. The van der Waals surface area contributed by atoms with Crippen molar-refractivity contribution in [2.24, 2.45) is 0 Å². The predicted molar refractivity (Wildman–Crippen MR) is 91.3 cm³/mol. The molecule has 0 aliphatic heterocycles. The van der Waals surface area contributed by atoms with Gasteiger partial charge in [0, 0.05) is 18.1 Å². The molecule has 0 fully saturated rings. The van der Waals surface area contributed by atoms with Crippen molar-refractivity contribution in [3.05, 3.63) is 53.2 Å². The third kappa shape index (κ3) is 3.88. The van der Waals surface area contributed by atoms with Gasteiger partial charge < -0.3 is 10.2 Å². The van der Waals surface area contributed by atoms with Crippen molar-refractivity contribution in [2.75, 3.05) is 23.3 Å². The van der Waals surface area contributed by atoms with Gasteiger partial charge in [-0.05, 0) is 44.5 Å². The van der Waals surface area contributed by atoms with Gasteiger partial charge in [-0.3, -0.25) is 0 Å². The fourth-order valence-electron chi connectivity index (χ4n) is 2.36. The van der Waals surface area contributed by atoms with E-state index in [2.05, 4.69) is 48.1 Å². The molecule has 1 N–H and O–H groups in total. The number of nitrogens with one attached hydrogen (secondary N) is 1. The molecule has 1 atom stereocenters. The molecule has 0 amide bonds. The molecule has 0 aliphatic rings. The molecule has 0 bridgehead atoms. The maximum Gasteiger partial charge on any atom is 0.128 e. The van der Waals surface area contributed by atoms with Gasteiger partial charge in [0.05, 0.1) is 17.9 Å². The number of anilines is 2. The van der Waals surface area contributed by atoms with Crippen molar-refractivity contribution >= 4 is 23.1 Å². The molecule has 4 heteroatoms. The summed E-state index contributed by atoms with van der Waals surface area (Å²) in [5, 5.41) is 4.22. The monoisotopic (exact) mass is 303 g/mol. The van der Waals surface area contributed by atoms with E-state index < -0.39 is 0 Å². The molecule has 0 radical (unpaired) electrons. The summed E-state index contributed by atoms with van der Waals surface area (Å²) in [5.74, 6) is 1.01. The maximum absolute atomic E-state index is 6.23. The molecule has 21 heavy (non-hydrogen) atoms. The SMILES string of the molecule is CCN(CC)c1ccc(NC(C)c2ccccc2Cl)cn1. The molecule has 0 aliphatic carbocycles. The Hall–Kier alpha value is -1.74. The minimum atomic E-state index is 0.139. The fraction of sp³-hybridized carbons (Fsp3) is 0.353. The molecule has 0 saturated carbocycles. The normalized spacial score (nSPS) is 12.0. The van der Waals surface area contributed by atoms with Crippen molar-refractivity contribution in [1.29, 1.82) is 0 Å². The van der Waals surface area contributed by atoms with Gasteiger partial charge in [0.25, 0.3) is 0 Å². The molecule has 0 saturated heterocycles. The number of benzene rings is 1. The van der Waals surface area contributed by atoms with E-state index in [0.29, 0.717) is 0 Å². The van der Waals surface area contributed by atoms with Crippen molar-refractivity contribution in [1.82, 2.24) is 4.98 Å². The van der Waals surface area contributed by atoms with Crippen LogP contribution in [0.3, 0.4) is 0 Å². The first-order chi connectivity index (χ1) is 10.2. The quantitative estimate of drug-likeness (QED) is 0.834. The zero-order chi connectivity index (χ0) is 15.2. The Balaban J connectivity index is 2.08. The second-order valence-electron chi connectivity index (χ2n) is 4.96. The summed E-state index contributed by atoms with van der Waals surface area (Å²) in [5.41, 5.74) is 2.09. The van der Waals surface area contributed by atoms with Gasteiger partial charge in [0.15, 0.2) is 0 Å². The van der Waals surface area contributed by atoms with Crippen molar-refractivity contribution in [3.63, 3.8) is 0 Å². The highest BCUT2D eigenvalue weighted by Crippen LogP contribution is 2.25. The lowest BCUT2D eigenvalue weighted by Crippen LogP contribution is -2.22. The van der Waals surface area contributed by atoms with Crippen molar-refractivity contribution in [2.45, 2.75) is 26.8 Å². The van der Waals surface area contributed by atoms with Gasteiger partial charge in [-0.1, -0.05) is 29.8 Å². The summed E-state index contributed by atoms with van der Waals surface area (Å²) in [7, 11) is 0. The lowest BCUT2D eigenvalue weighted by atomic mass is 10.1. The third-order valence-corrected chi connectivity index (χ3v) is 3.93. The second kappa shape index (κ2) is 7.32. The largest absolute Gasteiger partial charge is 0.377 e. The zero-order valence-corrected chi connectivity index (χ0v) is 13.6. The van der Waals surface area contributed by atoms with Crippen LogP contribution in [0.5, 0.6) is 0 Å². The van der Waals surface area contributed by atoms with E-state index in [1.807, 2.05) is 30.5 Å². The summed E-state index contributed by atoms with van der Waals surface area (Å²) < 4.78 is 0. The predicted octanol–water partition coefficient (Wildman–Crippen LogP) is 4.75. The van der Waals surface area contributed by atoms with Gasteiger partial charge in [-0.2, -0.15) is 0 Å². The summed E-state index contributed by atoms with van der Waals surface area (Å²) in [6.45, 7) is 8.30. The molecule has 1 unspecified atom stereocenters. The van der Waals surface area contributed by atoms with Gasteiger partial charge in [0.1, 0.15) is 5.82 Å². The molecule has 2 aromatic rings. The Morgan fingerprint density at radius 1 is 1.14 bits per heavy atom. The number of pyridine rings is 1. The van der Waals surface area contributed by atoms with Crippen molar-refractivity contribution < 1.29 is 0 Å². The molecular formula is C17H22ClN3. The van der Waals surface area contributed by atoms with E-state index in [4.69, 9.17) is 11.6 Å². The highest BCUT2D eigenvalue weighted by atomic mass is 35.5. The number of hydrogen-bond donors (Lipinski definition) is 1. The Bertz CT molecular complexity index is 565. The lowest BCUT2D eigenvalue weighted by Gasteiger charge is -2.21. The average Bonchev–Trinajstić information content (AvgIpc) is 2.50. The van der Waals surface area contributed by atoms with Crippen LogP contribution in [0.1, 0.15) is 32.4 Å². The average molecular weight is 304 g/mol. The first-order valence-electron chi connectivity index (χ1n) is 7.37. The summed E-state index contributed by atoms with van der Waals surface area (Å²) in [4.78, 5) is 6.74. The first-order valence-corrected chi connectivity index (χ1v) is 7.75. The standard InChI is InChI=1S/C17H22ClN3/c1-4-21(5-2)17-11-10-14(12-19-17)20-13(3)15-8-6-7-9-16(15)18/h6-13,20H,4-5H2,1-3H3. The summed E-state index contributed by atoms with van der Waals surface area (Å²) >= 11 is 6.23. The zero-order valence-electron chi connectivity index (χ0n) is 12.8. The molecular weight excluding hydrogens is 282 g/mol. The summed E-state index contributed by atoms with van der Waals surface area (Å²) in [6, 6.07) is 12.1. The van der Waals surface area contributed by atoms with Crippen LogP contribution >= 0.6 is 11.6 Å². The fourth-order valence-corrected chi connectivity index (χ4v) is 2.66. The highest BCUT2D eigenvalue weighted by Gasteiger charge is 2.09. The smallest absolute Gasteiger partial charge is 0.128 e. The van der Waals surface area contributed by atoms with E-state index in [1.165, 1.54) is 0 Å². The first kappa shape index (κ1) is 15.6. The topological polar surface area (TPSA) is 28.2 Å². The lowest BCUT2D eigenvalue weighted by molar-refractivity contribution is 0.843. The Morgan fingerprint density at radius 2 is 1.86 bits per heavy atom. The second-order valence-corrected chi connectivity index (χ2v) is 5.37. The van der Waals surface area contributed by atoms with Crippen LogP contribution in [-0.4, -0.2) is 18.1 Å². The van der Waals surface area contributed by atoms with Crippen LogP contribution < -0.4 is 10.2 Å². The Kier molecular flexibility index (Phi) is 5.45. The van der Waals surface area contributed by atoms with Crippen LogP contribution in [0.2, 0.25) is 5.02 Å². The molecule has 2 rings (SSSR count). The van der Waals surface area contributed by atoms with E-state index in [1.54, 1.807) is 0 Å². The highest BCUT2D eigenvalue weighted by molar-refractivity contribution is 6.31. The Labute approximate surface area is 132 Å². The molecule has 1 heterocycles. The van der Waals surface area contributed by atoms with E-state index in [9.17, 15) is 0 Å². The van der Waals surface area contributed by atoms with Gasteiger partial charge in [0.2, 0.25) is 0 Å². The van der Waals surface area contributed by atoms with Crippen LogP contribution in [0, 0.1) is 0 Å².